The molecule has 0 radical (unpaired) electrons. The molecule has 0 fully saturated rings. The number of nitrogens with zero attached hydrogens (tertiary/aromatic N) is 4. The van der Waals surface area contributed by atoms with Gasteiger partial charge in [-0.05, 0) is 24.5 Å². The SMILES string of the molecule is CSC1=CC2=C3C=CC=C4N=C(SC(F)(F)F)N(N43)N(C(=O)C(C)(C)C)C2C=C1. The quantitative estimate of drug-likeness (QED) is 0.587. The van der Waals surface area contributed by atoms with E-state index in [0.29, 0.717) is 11.5 Å². The van der Waals surface area contributed by atoms with Gasteiger partial charge in [-0.2, -0.15) is 18.3 Å². The van der Waals surface area contributed by atoms with E-state index in [-0.39, 0.29) is 22.8 Å². The van der Waals surface area contributed by atoms with Crippen LogP contribution in [0.4, 0.5) is 13.2 Å². The second-order valence-corrected chi connectivity index (χ2v) is 9.63. The summed E-state index contributed by atoms with van der Waals surface area (Å²) in [4.78, 5) is 18.6. The molecule has 0 saturated carbocycles. The van der Waals surface area contributed by atoms with Gasteiger partial charge in [-0.1, -0.05) is 39.0 Å². The number of hydrogen-bond donors (Lipinski definition) is 0. The average Bonchev–Trinajstić information content (AvgIpc) is 2.98. The Morgan fingerprint density at radius 3 is 2.55 bits per heavy atom. The maximum Gasteiger partial charge on any atom is 0.449 e. The molecule has 29 heavy (non-hydrogen) atoms. The van der Waals surface area contributed by atoms with Crippen LogP contribution < -0.4 is 0 Å². The van der Waals surface area contributed by atoms with Crippen LogP contribution in [0.3, 0.4) is 0 Å². The number of hydrogen-bond acceptors (Lipinski definition) is 6. The third-order valence-electron chi connectivity index (χ3n) is 4.63. The van der Waals surface area contributed by atoms with Crippen molar-refractivity contribution in [2.24, 2.45) is 10.4 Å². The Hall–Kier alpha value is -2.07. The molecule has 0 aromatic rings. The van der Waals surface area contributed by atoms with Crippen molar-refractivity contribution in [1.29, 1.82) is 0 Å². The molecule has 3 heterocycles. The van der Waals surface area contributed by atoms with Crippen molar-refractivity contribution in [2.75, 3.05) is 6.26 Å². The number of amidine groups is 1. The van der Waals surface area contributed by atoms with Gasteiger partial charge >= 0.3 is 5.51 Å². The Morgan fingerprint density at radius 1 is 1.21 bits per heavy atom. The molecule has 1 aliphatic carbocycles. The maximum absolute atomic E-state index is 13.4. The number of hydrazine groups is 2. The molecule has 1 amide bonds. The van der Waals surface area contributed by atoms with E-state index in [9.17, 15) is 18.0 Å². The Kier molecular flexibility index (Phi) is 4.69. The predicted octanol–water partition coefficient (Wildman–Crippen LogP) is 4.78. The first-order valence-electron chi connectivity index (χ1n) is 8.86. The molecular weight excluding hydrogens is 421 g/mol. The molecule has 10 heteroatoms. The van der Waals surface area contributed by atoms with Crippen molar-refractivity contribution < 1.29 is 18.0 Å². The molecule has 0 saturated heterocycles. The fraction of sp³-hybridized carbons (Fsp3) is 0.368. The summed E-state index contributed by atoms with van der Waals surface area (Å²) >= 11 is 1.25. The first kappa shape index (κ1) is 20.2. The van der Waals surface area contributed by atoms with Crippen LogP contribution in [0.1, 0.15) is 20.8 Å². The Bertz CT molecular complexity index is 953. The fourth-order valence-corrected chi connectivity index (χ4v) is 4.45. The maximum atomic E-state index is 13.4. The van der Waals surface area contributed by atoms with Crippen LogP contribution in [0.25, 0.3) is 0 Å². The monoisotopic (exact) mass is 440 g/mol. The standard InChI is InChI=1S/C19H19F3N4OS2/c1-18(2,3)16(27)25-14-9-8-11(28-4)10-12(14)13-6-5-7-15-23-17(26(25)24(13)15)29-19(20,21)22/h5-10,14H,1-4H3. The van der Waals surface area contributed by atoms with Gasteiger partial charge in [0.1, 0.15) is 6.04 Å². The van der Waals surface area contributed by atoms with Crippen molar-refractivity contribution in [3.8, 4) is 0 Å². The van der Waals surface area contributed by atoms with E-state index in [4.69, 9.17) is 0 Å². The van der Waals surface area contributed by atoms with E-state index in [2.05, 4.69) is 4.99 Å². The number of thioether (sulfide) groups is 2. The topological polar surface area (TPSA) is 39.1 Å². The molecule has 154 valence electrons. The molecule has 0 spiro atoms. The first-order chi connectivity index (χ1) is 13.5. The van der Waals surface area contributed by atoms with Crippen LogP contribution in [0.2, 0.25) is 0 Å². The largest absolute Gasteiger partial charge is 0.449 e. The van der Waals surface area contributed by atoms with Crippen LogP contribution in [0, 0.1) is 5.41 Å². The number of aliphatic imine (C=N–C) groups is 1. The zero-order valence-electron chi connectivity index (χ0n) is 16.2. The van der Waals surface area contributed by atoms with E-state index in [1.165, 1.54) is 10.1 Å². The van der Waals surface area contributed by atoms with Gasteiger partial charge in [0, 0.05) is 27.7 Å². The molecule has 4 aliphatic rings. The highest BCUT2D eigenvalue weighted by Crippen LogP contribution is 2.46. The van der Waals surface area contributed by atoms with Crippen LogP contribution in [-0.2, 0) is 4.79 Å². The molecule has 5 nitrogen and oxygen atoms in total. The minimum Gasteiger partial charge on any atom is -0.272 e. The van der Waals surface area contributed by atoms with Gasteiger partial charge in [0.2, 0.25) is 11.1 Å². The van der Waals surface area contributed by atoms with Crippen LogP contribution in [0.5, 0.6) is 0 Å². The molecule has 0 aromatic heterocycles. The fourth-order valence-electron chi connectivity index (χ4n) is 3.39. The summed E-state index contributed by atoms with van der Waals surface area (Å²) in [6.45, 7) is 5.25. The number of carbonyl (C=O) groups is 1. The van der Waals surface area contributed by atoms with E-state index >= 15 is 0 Å². The minimum atomic E-state index is -4.53. The van der Waals surface area contributed by atoms with Gasteiger partial charge < -0.3 is 0 Å². The number of carbonyl (C=O) groups excluding carboxylic acids is 1. The summed E-state index contributed by atoms with van der Waals surface area (Å²) in [5.41, 5.74) is -3.77. The van der Waals surface area contributed by atoms with Gasteiger partial charge in [-0.25, -0.2) is 15.0 Å². The lowest BCUT2D eigenvalue weighted by Crippen LogP contribution is -2.63. The summed E-state index contributed by atoms with van der Waals surface area (Å²) in [6, 6.07) is -0.523. The van der Waals surface area contributed by atoms with E-state index < -0.39 is 17.0 Å². The van der Waals surface area contributed by atoms with Gasteiger partial charge in [0.15, 0.2) is 5.82 Å². The molecule has 4 rings (SSSR count). The van der Waals surface area contributed by atoms with Gasteiger partial charge in [-0.15, -0.1) is 11.8 Å². The average molecular weight is 441 g/mol. The minimum absolute atomic E-state index is 0.295. The predicted molar refractivity (Wildman–Crippen MR) is 110 cm³/mol. The van der Waals surface area contributed by atoms with Crippen molar-refractivity contribution in [3.05, 3.63) is 58.5 Å². The Morgan fingerprint density at radius 2 is 1.93 bits per heavy atom. The molecule has 0 aromatic carbocycles. The van der Waals surface area contributed by atoms with Crippen LogP contribution in [-0.4, -0.2) is 44.0 Å². The molecule has 3 aliphatic heterocycles. The lowest BCUT2D eigenvalue weighted by Gasteiger charge is -2.50. The lowest BCUT2D eigenvalue weighted by molar-refractivity contribution is -0.170. The lowest BCUT2D eigenvalue weighted by atomic mass is 9.91. The van der Waals surface area contributed by atoms with Gasteiger partial charge in [-0.3, -0.25) is 4.79 Å². The molecule has 0 bridgehead atoms. The first-order valence-corrected chi connectivity index (χ1v) is 10.9. The zero-order chi connectivity index (χ0) is 21.1. The molecular formula is C19H19F3N4OS2. The highest BCUT2D eigenvalue weighted by molar-refractivity contribution is 8.14. The second-order valence-electron chi connectivity index (χ2n) is 7.72. The molecule has 1 atom stereocenters. The number of alkyl halides is 3. The number of allylic oxidation sites excluding steroid dienone is 4. The Balaban J connectivity index is 1.91. The normalized spacial score (nSPS) is 23.1. The Labute approximate surface area is 175 Å². The van der Waals surface area contributed by atoms with Gasteiger partial charge in [0.25, 0.3) is 0 Å². The van der Waals surface area contributed by atoms with E-state index in [1.54, 1.807) is 49.7 Å². The number of amides is 1. The third kappa shape index (κ3) is 3.42. The van der Waals surface area contributed by atoms with Crippen molar-refractivity contribution in [3.63, 3.8) is 0 Å². The van der Waals surface area contributed by atoms with Crippen LogP contribution >= 0.6 is 23.5 Å². The van der Waals surface area contributed by atoms with Gasteiger partial charge in [0.05, 0.1) is 5.70 Å². The number of rotatable bonds is 1. The van der Waals surface area contributed by atoms with Crippen molar-refractivity contribution >= 4 is 34.6 Å². The summed E-state index contributed by atoms with van der Waals surface area (Å²) in [7, 11) is 0. The zero-order valence-corrected chi connectivity index (χ0v) is 17.8. The van der Waals surface area contributed by atoms with Crippen molar-refractivity contribution in [1.82, 2.24) is 15.1 Å². The van der Waals surface area contributed by atoms with Crippen LogP contribution in [0.15, 0.2) is 63.4 Å². The summed E-state index contributed by atoms with van der Waals surface area (Å²) in [5, 5.41) is 3.94. The van der Waals surface area contributed by atoms with E-state index in [1.807, 2.05) is 30.6 Å². The highest BCUT2D eigenvalue weighted by atomic mass is 32.2. The highest BCUT2D eigenvalue weighted by Gasteiger charge is 2.51. The van der Waals surface area contributed by atoms with Crippen molar-refractivity contribution in [2.45, 2.75) is 32.3 Å². The third-order valence-corrected chi connectivity index (χ3v) is 6.02. The molecule has 1 unspecified atom stereocenters. The van der Waals surface area contributed by atoms with E-state index in [0.717, 1.165) is 10.5 Å². The summed E-state index contributed by atoms with van der Waals surface area (Å²) in [5.74, 6) is 0.0524. The molecule has 0 N–H and O–H groups in total. The summed E-state index contributed by atoms with van der Waals surface area (Å²) < 4.78 is 39.8. The number of fused-ring (bicyclic) bond motifs is 1. The smallest absolute Gasteiger partial charge is 0.272 e. The second kappa shape index (κ2) is 6.73. The number of halogens is 3. The summed E-state index contributed by atoms with van der Waals surface area (Å²) in [6.07, 6.45) is 12.9.